The predicted octanol–water partition coefficient (Wildman–Crippen LogP) is 6.61. The molecule has 0 aliphatic carbocycles. The molecule has 0 spiro atoms. The van der Waals surface area contributed by atoms with Gasteiger partial charge < -0.3 is 9.16 Å². The minimum Gasteiger partial charge on any atom is -0.445 e. The third-order valence-corrected chi connectivity index (χ3v) is 9.64. The van der Waals surface area contributed by atoms with Crippen LogP contribution in [0.2, 0.25) is 18.1 Å². The van der Waals surface area contributed by atoms with Gasteiger partial charge in [-0.2, -0.15) is 0 Å². The Morgan fingerprint density at radius 1 is 1.04 bits per heavy atom. The Morgan fingerprint density at radius 2 is 1.57 bits per heavy atom. The number of ether oxygens (including phenoxy) is 1. The largest absolute Gasteiger partial charge is 0.445 e. The lowest BCUT2D eigenvalue weighted by Gasteiger charge is -2.36. The fourth-order valence-corrected chi connectivity index (χ4v) is 3.27. The van der Waals surface area contributed by atoms with Gasteiger partial charge in [-0.25, -0.2) is 4.79 Å². The second kappa shape index (κ2) is 9.21. The van der Waals surface area contributed by atoms with Crippen LogP contribution in [0.1, 0.15) is 26.3 Å². The van der Waals surface area contributed by atoms with Crippen molar-refractivity contribution in [2.24, 2.45) is 0 Å². The Hall–Kier alpha value is -2.37. The summed E-state index contributed by atoms with van der Waals surface area (Å²) in [6.07, 6.45) is 1.04. The van der Waals surface area contributed by atoms with E-state index in [2.05, 4.69) is 70.0 Å². The third kappa shape index (κ3) is 6.07. The van der Waals surface area contributed by atoms with Crippen molar-refractivity contribution in [1.82, 2.24) is 0 Å². The molecule has 0 saturated heterocycles. The second-order valence-corrected chi connectivity index (χ2v) is 13.1. The molecule has 0 aliphatic rings. The lowest BCUT2D eigenvalue weighted by atomic mass is 10.0. The molecule has 0 heterocycles. The Kier molecular flexibility index (Phi) is 7.21. The van der Waals surface area contributed by atoms with Crippen LogP contribution in [-0.2, 0) is 15.8 Å². The first kappa shape index (κ1) is 21.9. The van der Waals surface area contributed by atoms with E-state index in [-0.39, 0.29) is 11.6 Å². The summed E-state index contributed by atoms with van der Waals surface area (Å²) in [5.74, 6) is 0. The number of anilines is 1. The highest BCUT2D eigenvalue weighted by Gasteiger charge is 2.36. The molecule has 28 heavy (non-hydrogen) atoms. The van der Waals surface area contributed by atoms with Crippen LogP contribution < -0.4 is 5.32 Å². The van der Waals surface area contributed by atoms with Gasteiger partial charge in [-0.15, -0.1) is 0 Å². The summed E-state index contributed by atoms with van der Waals surface area (Å²) < 4.78 is 11.2. The van der Waals surface area contributed by atoms with Gasteiger partial charge in [-0.05, 0) is 47.0 Å². The van der Waals surface area contributed by atoms with Gasteiger partial charge >= 0.3 is 6.09 Å². The fourth-order valence-electron chi connectivity index (χ4n) is 2.31. The van der Waals surface area contributed by atoms with Crippen molar-refractivity contribution in [1.29, 1.82) is 0 Å². The van der Waals surface area contributed by atoms with Crippen LogP contribution in [0.15, 0.2) is 61.2 Å². The molecule has 0 saturated carbocycles. The van der Waals surface area contributed by atoms with E-state index >= 15 is 0 Å². The van der Waals surface area contributed by atoms with Crippen LogP contribution in [0.3, 0.4) is 0 Å². The first-order valence-electron chi connectivity index (χ1n) is 9.50. The van der Waals surface area contributed by atoms with E-state index in [9.17, 15) is 4.79 Å². The van der Waals surface area contributed by atoms with Gasteiger partial charge in [0.2, 0.25) is 0 Å². The third-order valence-electron chi connectivity index (χ3n) is 5.16. The van der Waals surface area contributed by atoms with Crippen molar-refractivity contribution in [2.45, 2.75) is 45.5 Å². The maximum Gasteiger partial charge on any atom is 0.411 e. The smallest absolute Gasteiger partial charge is 0.411 e. The molecule has 5 heteroatoms. The average Bonchev–Trinajstić information content (AvgIpc) is 2.65. The zero-order valence-electron chi connectivity index (χ0n) is 17.5. The van der Waals surface area contributed by atoms with Gasteiger partial charge in [0.05, 0.1) is 6.61 Å². The molecule has 0 fully saturated rings. The quantitative estimate of drug-likeness (QED) is 0.422. The maximum absolute atomic E-state index is 11.6. The van der Waals surface area contributed by atoms with E-state index in [1.165, 1.54) is 11.6 Å². The monoisotopic (exact) mass is 397 g/mol. The van der Waals surface area contributed by atoms with Crippen molar-refractivity contribution in [3.05, 3.63) is 66.7 Å². The maximum atomic E-state index is 11.6. The van der Waals surface area contributed by atoms with E-state index in [1.807, 2.05) is 24.3 Å². The lowest BCUT2D eigenvalue weighted by molar-refractivity contribution is 0.174. The molecule has 2 rings (SSSR count). The predicted molar refractivity (Wildman–Crippen MR) is 119 cm³/mol. The summed E-state index contributed by atoms with van der Waals surface area (Å²) in [4.78, 5) is 11.6. The van der Waals surface area contributed by atoms with Gasteiger partial charge in [0.1, 0.15) is 6.61 Å². The fraction of sp³-hybridized carbons (Fsp3) is 0.348. The zero-order valence-corrected chi connectivity index (χ0v) is 18.5. The van der Waals surface area contributed by atoms with Gasteiger partial charge in [0, 0.05) is 5.69 Å². The number of carbonyl (C=O) groups is 1. The molecule has 0 atom stereocenters. The van der Waals surface area contributed by atoms with Crippen molar-refractivity contribution in [3.63, 3.8) is 0 Å². The van der Waals surface area contributed by atoms with E-state index in [0.29, 0.717) is 12.3 Å². The SMILES string of the molecule is C=CCOC(=O)Nc1ccc(-c2ccc(CO[Si](C)(C)C(C)(C)C)cc2)cc1. The van der Waals surface area contributed by atoms with Crippen molar-refractivity contribution in [3.8, 4) is 11.1 Å². The highest BCUT2D eigenvalue weighted by Crippen LogP contribution is 2.37. The van der Waals surface area contributed by atoms with Gasteiger partial charge in [-0.3, -0.25) is 5.32 Å². The Labute approximate surface area is 169 Å². The molecule has 1 N–H and O–H groups in total. The minimum absolute atomic E-state index is 0.190. The summed E-state index contributed by atoms with van der Waals surface area (Å²) in [5.41, 5.74) is 4.08. The summed E-state index contributed by atoms with van der Waals surface area (Å²) in [5, 5.41) is 2.89. The van der Waals surface area contributed by atoms with Crippen molar-refractivity contribution >= 4 is 20.1 Å². The lowest BCUT2D eigenvalue weighted by Crippen LogP contribution is -2.40. The molecule has 0 unspecified atom stereocenters. The summed E-state index contributed by atoms with van der Waals surface area (Å²) in [6.45, 7) is 15.6. The molecular weight excluding hydrogens is 366 g/mol. The molecule has 150 valence electrons. The molecule has 0 aromatic heterocycles. The topological polar surface area (TPSA) is 47.6 Å². The Morgan fingerprint density at radius 3 is 2.07 bits per heavy atom. The number of carbonyl (C=O) groups excluding carboxylic acids is 1. The molecule has 0 aliphatic heterocycles. The first-order chi connectivity index (χ1) is 13.1. The number of rotatable bonds is 7. The number of amides is 1. The Balaban J connectivity index is 1.97. The van der Waals surface area contributed by atoms with E-state index in [1.54, 1.807) is 0 Å². The highest BCUT2D eigenvalue weighted by molar-refractivity contribution is 6.74. The molecule has 4 nitrogen and oxygen atoms in total. The van der Waals surface area contributed by atoms with E-state index in [0.717, 1.165) is 11.1 Å². The van der Waals surface area contributed by atoms with Crippen LogP contribution in [0, 0.1) is 0 Å². The van der Waals surface area contributed by atoms with E-state index < -0.39 is 14.4 Å². The van der Waals surface area contributed by atoms with Crippen molar-refractivity contribution < 1.29 is 14.0 Å². The number of hydrogen-bond acceptors (Lipinski definition) is 3. The second-order valence-electron chi connectivity index (χ2n) is 8.34. The number of benzene rings is 2. The minimum atomic E-state index is -1.74. The average molecular weight is 398 g/mol. The molecular formula is C23H31NO3Si. The van der Waals surface area contributed by atoms with Gasteiger partial charge in [0.25, 0.3) is 0 Å². The summed E-state index contributed by atoms with van der Waals surface area (Å²) in [6, 6.07) is 16.1. The summed E-state index contributed by atoms with van der Waals surface area (Å²) in [7, 11) is -1.74. The standard InChI is InChI=1S/C23H31NO3Si/c1-7-16-26-22(25)24-21-14-12-20(13-15-21)19-10-8-18(9-11-19)17-27-28(5,6)23(2,3)4/h7-15H,1,16-17H2,2-6H3,(H,24,25). The molecule has 0 radical (unpaired) electrons. The van der Waals surface area contributed by atoms with Crippen LogP contribution in [0.5, 0.6) is 0 Å². The van der Waals surface area contributed by atoms with Gasteiger partial charge in [-0.1, -0.05) is 69.8 Å². The molecule has 0 bridgehead atoms. The Bertz CT molecular complexity index is 790. The summed E-state index contributed by atoms with van der Waals surface area (Å²) >= 11 is 0. The number of hydrogen-bond donors (Lipinski definition) is 1. The van der Waals surface area contributed by atoms with Gasteiger partial charge in [0.15, 0.2) is 8.32 Å². The normalized spacial score (nSPS) is 11.8. The van der Waals surface area contributed by atoms with Crippen molar-refractivity contribution in [2.75, 3.05) is 11.9 Å². The number of nitrogens with one attached hydrogen (secondary N) is 1. The zero-order chi connectivity index (χ0) is 20.8. The van der Waals surface area contributed by atoms with Crippen LogP contribution in [-0.4, -0.2) is 21.0 Å². The molecule has 2 aromatic carbocycles. The molecule has 1 amide bonds. The molecule has 2 aromatic rings. The van der Waals surface area contributed by atoms with E-state index in [4.69, 9.17) is 9.16 Å². The highest BCUT2D eigenvalue weighted by atomic mass is 28.4. The van der Waals surface area contributed by atoms with Crippen LogP contribution >= 0.6 is 0 Å². The first-order valence-corrected chi connectivity index (χ1v) is 12.4. The van der Waals surface area contributed by atoms with Crippen LogP contribution in [0.25, 0.3) is 11.1 Å². The van der Waals surface area contributed by atoms with Crippen LogP contribution in [0.4, 0.5) is 10.5 Å².